The van der Waals surface area contributed by atoms with E-state index >= 15 is 0 Å². The number of nitrogens with zero attached hydrogens (tertiary/aromatic N) is 3. The van der Waals surface area contributed by atoms with Gasteiger partial charge < -0.3 is 15.1 Å². The van der Waals surface area contributed by atoms with Crippen LogP contribution in [0.4, 0.5) is 13.2 Å². The maximum absolute atomic E-state index is 12.5. The van der Waals surface area contributed by atoms with Crippen molar-refractivity contribution >= 4 is 11.8 Å². The predicted molar refractivity (Wildman–Crippen MR) is 75.6 cm³/mol. The SMILES string of the molecule is CN(CC(=O)N1CCNCC1)C(=O)c1ccc(C(F)(F)F)cn1. The number of hydrogen-bond donors (Lipinski definition) is 1. The number of likely N-dealkylation sites (N-methyl/N-ethyl adjacent to an activating group) is 1. The van der Waals surface area contributed by atoms with Gasteiger partial charge in [-0.3, -0.25) is 14.6 Å². The summed E-state index contributed by atoms with van der Waals surface area (Å²) in [7, 11) is 1.42. The Morgan fingerprint density at radius 2 is 1.96 bits per heavy atom. The molecule has 0 saturated carbocycles. The molecule has 23 heavy (non-hydrogen) atoms. The van der Waals surface area contributed by atoms with Crippen LogP contribution in [0, 0.1) is 0 Å². The zero-order valence-corrected chi connectivity index (χ0v) is 12.6. The molecule has 1 fully saturated rings. The van der Waals surface area contributed by atoms with E-state index in [1.54, 1.807) is 4.90 Å². The molecule has 1 aliphatic rings. The third kappa shape index (κ3) is 4.41. The molecule has 0 atom stereocenters. The number of amides is 2. The second-order valence-corrected chi connectivity index (χ2v) is 5.22. The number of halogens is 3. The highest BCUT2D eigenvalue weighted by atomic mass is 19.4. The van der Waals surface area contributed by atoms with Crippen molar-refractivity contribution in [3.05, 3.63) is 29.6 Å². The smallest absolute Gasteiger partial charge is 0.339 e. The minimum atomic E-state index is -4.50. The van der Waals surface area contributed by atoms with E-state index < -0.39 is 17.6 Å². The fraction of sp³-hybridized carbons (Fsp3) is 0.500. The molecule has 1 saturated heterocycles. The van der Waals surface area contributed by atoms with Gasteiger partial charge in [-0.1, -0.05) is 0 Å². The van der Waals surface area contributed by atoms with Crippen molar-refractivity contribution in [2.24, 2.45) is 0 Å². The lowest BCUT2D eigenvalue weighted by atomic mass is 10.2. The van der Waals surface area contributed by atoms with E-state index in [1.807, 2.05) is 0 Å². The van der Waals surface area contributed by atoms with Crippen LogP contribution >= 0.6 is 0 Å². The number of nitrogens with one attached hydrogen (secondary N) is 1. The van der Waals surface area contributed by atoms with Crippen LogP contribution < -0.4 is 5.32 Å². The summed E-state index contributed by atoms with van der Waals surface area (Å²) >= 11 is 0. The van der Waals surface area contributed by atoms with Gasteiger partial charge in [0.25, 0.3) is 5.91 Å². The summed E-state index contributed by atoms with van der Waals surface area (Å²) in [6.45, 7) is 2.40. The Kier molecular flexibility index (Phi) is 5.19. The quantitative estimate of drug-likeness (QED) is 0.882. The van der Waals surface area contributed by atoms with E-state index in [4.69, 9.17) is 0 Å². The summed E-state index contributed by atoms with van der Waals surface area (Å²) in [4.78, 5) is 30.5. The molecule has 9 heteroatoms. The maximum atomic E-state index is 12.5. The van der Waals surface area contributed by atoms with Gasteiger partial charge in [-0.15, -0.1) is 0 Å². The highest BCUT2D eigenvalue weighted by Gasteiger charge is 2.31. The summed E-state index contributed by atoms with van der Waals surface area (Å²) in [6, 6.07) is 1.81. The van der Waals surface area contributed by atoms with Gasteiger partial charge in [-0.2, -0.15) is 13.2 Å². The van der Waals surface area contributed by atoms with E-state index in [-0.39, 0.29) is 18.1 Å². The second-order valence-electron chi connectivity index (χ2n) is 5.22. The topological polar surface area (TPSA) is 65.5 Å². The highest BCUT2D eigenvalue weighted by molar-refractivity contribution is 5.94. The van der Waals surface area contributed by atoms with Crippen LogP contribution in [0.25, 0.3) is 0 Å². The van der Waals surface area contributed by atoms with Crippen molar-refractivity contribution in [3.8, 4) is 0 Å². The second kappa shape index (κ2) is 6.95. The molecule has 0 radical (unpaired) electrons. The van der Waals surface area contributed by atoms with Crippen LogP contribution in [0.1, 0.15) is 16.1 Å². The summed E-state index contributed by atoms with van der Waals surface area (Å²) < 4.78 is 37.4. The number of carbonyl (C=O) groups is 2. The van der Waals surface area contributed by atoms with Crippen molar-refractivity contribution in [2.75, 3.05) is 39.8 Å². The average molecular weight is 330 g/mol. The van der Waals surface area contributed by atoms with Crippen LogP contribution in [-0.4, -0.2) is 66.4 Å². The third-order valence-electron chi connectivity index (χ3n) is 3.50. The minimum absolute atomic E-state index is 0.131. The van der Waals surface area contributed by atoms with E-state index in [1.165, 1.54) is 7.05 Å². The molecule has 0 unspecified atom stereocenters. The molecule has 0 aliphatic carbocycles. The molecule has 1 N–H and O–H groups in total. The summed E-state index contributed by atoms with van der Waals surface area (Å²) in [5.41, 5.74) is -1.05. The zero-order chi connectivity index (χ0) is 17.0. The van der Waals surface area contributed by atoms with Gasteiger partial charge in [-0.25, -0.2) is 0 Å². The first-order valence-corrected chi connectivity index (χ1v) is 7.06. The zero-order valence-electron chi connectivity index (χ0n) is 12.6. The van der Waals surface area contributed by atoms with E-state index in [9.17, 15) is 22.8 Å². The number of hydrogen-bond acceptors (Lipinski definition) is 4. The fourth-order valence-corrected chi connectivity index (χ4v) is 2.17. The Morgan fingerprint density at radius 1 is 1.30 bits per heavy atom. The molecule has 2 amide bonds. The Bertz CT molecular complexity index is 568. The largest absolute Gasteiger partial charge is 0.417 e. The van der Waals surface area contributed by atoms with Gasteiger partial charge in [0.2, 0.25) is 5.91 Å². The predicted octanol–water partition coefficient (Wildman–Crippen LogP) is 0.604. The number of piperazine rings is 1. The molecule has 6 nitrogen and oxygen atoms in total. The molecule has 126 valence electrons. The van der Waals surface area contributed by atoms with E-state index in [0.717, 1.165) is 17.0 Å². The normalized spacial score (nSPS) is 15.4. The van der Waals surface area contributed by atoms with Gasteiger partial charge in [0.1, 0.15) is 5.69 Å². The molecule has 1 aromatic rings. The van der Waals surface area contributed by atoms with Crippen molar-refractivity contribution in [1.82, 2.24) is 20.1 Å². The molecule has 0 aromatic carbocycles. The van der Waals surface area contributed by atoms with Gasteiger partial charge in [0.05, 0.1) is 12.1 Å². The van der Waals surface area contributed by atoms with Crippen molar-refractivity contribution < 1.29 is 22.8 Å². The molecule has 0 bridgehead atoms. The Labute approximate surface area is 131 Å². The van der Waals surface area contributed by atoms with Crippen LogP contribution in [0.3, 0.4) is 0 Å². The van der Waals surface area contributed by atoms with Crippen molar-refractivity contribution in [1.29, 1.82) is 0 Å². The summed E-state index contributed by atoms with van der Waals surface area (Å²) in [5.74, 6) is -0.795. The molecular weight excluding hydrogens is 313 g/mol. The monoisotopic (exact) mass is 330 g/mol. The summed E-state index contributed by atoms with van der Waals surface area (Å²) in [6.07, 6.45) is -3.89. The number of rotatable bonds is 3. The van der Waals surface area contributed by atoms with Gasteiger partial charge in [-0.05, 0) is 12.1 Å². The number of aromatic nitrogens is 1. The lowest BCUT2D eigenvalue weighted by Crippen LogP contribution is -2.49. The van der Waals surface area contributed by atoms with Gasteiger partial charge in [0, 0.05) is 39.4 Å². The Balaban J connectivity index is 1.97. The minimum Gasteiger partial charge on any atom is -0.339 e. The standard InChI is InChI=1S/C14H17F3N4O2/c1-20(9-12(22)21-6-4-18-5-7-21)13(23)11-3-2-10(8-19-11)14(15,16)17/h2-3,8,18H,4-7,9H2,1H3. The molecular formula is C14H17F3N4O2. The first kappa shape index (κ1) is 17.2. The van der Waals surface area contributed by atoms with E-state index in [0.29, 0.717) is 32.4 Å². The van der Waals surface area contributed by atoms with Gasteiger partial charge in [0.15, 0.2) is 0 Å². The summed E-state index contributed by atoms with van der Waals surface area (Å²) in [5, 5.41) is 3.11. The van der Waals surface area contributed by atoms with Crippen LogP contribution in [-0.2, 0) is 11.0 Å². The molecule has 2 rings (SSSR count). The maximum Gasteiger partial charge on any atom is 0.417 e. The highest BCUT2D eigenvalue weighted by Crippen LogP contribution is 2.28. The lowest BCUT2D eigenvalue weighted by Gasteiger charge is -2.29. The number of alkyl halides is 3. The lowest BCUT2D eigenvalue weighted by molar-refractivity contribution is -0.137. The first-order chi connectivity index (χ1) is 10.8. The molecule has 2 heterocycles. The van der Waals surface area contributed by atoms with Crippen molar-refractivity contribution in [2.45, 2.75) is 6.18 Å². The molecule has 1 aromatic heterocycles. The van der Waals surface area contributed by atoms with Crippen LogP contribution in [0.2, 0.25) is 0 Å². The van der Waals surface area contributed by atoms with Crippen molar-refractivity contribution in [3.63, 3.8) is 0 Å². The Hall–Kier alpha value is -2.16. The van der Waals surface area contributed by atoms with Gasteiger partial charge >= 0.3 is 6.18 Å². The number of carbonyl (C=O) groups excluding carboxylic acids is 2. The fourth-order valence-electron chi connectivity index (χ4n) is 2.17. The van der Waals surface area contributed by atoms with E-state index in [2.05, 4.69) is 10.3 Å². The van der Waals surface area contributed by atoms with Crippen LogP contribution in [0.15, 0.2) is 18.3 Å². The molecule has 1 aliphatic heterocycles. The molecule has 0 spiro atoms. The van der Waals surface area contributed by atoms with Crippen LogP contribution in [0.5, 0.6) is 0 Å². The number of pyridine rings is 1. The Morgan fingerprint density at radius 3 is 2.48 bits per heavy atom. The first-order valence-electron chi connectivity index (χ1n) is 7.06. The third-order valence-corrected chi connectivity index (χ3v) is 3.50. The average Bonchev–Trinajstić information content (AvgIpc) is 2.54.